The standard InChI is InChI=1S/C62H48BN3OS/c1-5-6-17-45-53(32-33-57-60(45)46-22-11-16-27-56(46)67-57)66-54-36-39(64-49-23-12-7-18-41(49)42-19-8-13-24-50(42)64)28-30-47(54)63-48-31-29-40(65-51-25-14-9-20-43(51)44-21-10-15-26-52(44)65)37-58(48)68-59-35-38(62(2,3)4)34-55(66)61(59)63/h7-16,18-37H,5-6,17H2,1-4H3. The van der Waals surface area contributed by atoms with Crippen molar-refractivity contribution in [1.29, 1.82) is 0 Å². The van der Waals surface area contributed by atoms with Crippen LogP contribution < -0.4 is 21.3 Å². The Hall–Kier alpha value is -7.41. The van der Waals surface area contributed by atoms with E-state index in [-0.39, 0.29) is 12.1 Å². The Bertz CT molecular complexity index is 3960. The van der Waals surface area contributed by atoms with E-state index in [1.54, 1.807) is 0 Å². The molecule has 5 heterocycles. The molecule has 0 radical (unpaired) electrons. The van der Waals surface area contributed by atoms with Gasteiger partial charge in [0.25, 0.3) is 0 Å². The van der Waals surface area contributed by atoms with Crippen molar-refractivity contribution < 1.29 is 4.42 Å². The van der Waals surface area contributed by atoms with Crippen LogP contribution in [0.15, 0.2) is 196 Å². The molecular weight excluding hydrogens is 846 g/mol. The van der Waals surface area contributed by atoms with Gasteiger partial charge in [-0.25, -0.2) is 0 Å². The fourth-order valence-corrected chi connectivity index (χ4v) is 13.0. The third kappa shape index (κ3) is 5.70. The van der Waals surface area contributed by atoms with Gasteiger partial charge in [-0.15, -0.1) is 0 Å². The smallest absolute Gasteiger partial charge is 0.249 e. The fourth-order valence-electron chi connectivity index (χ4n) is 11.8. The average Bonchev–Trinajstić information content (AvgIpc) is 4.03. The molecule has 0 spiro atoms. The van der Waals surface area contributed by atoms with E-state index in [1.807, 2.05) is 11.8 Å². The summed E-state index contributed by atoms with van der Waals surface area (Å²) in [6.07, 6.45) is 3.12. The minimum absolute atomic E-state index is 0.0218. The molecule has 0 bridgehead atoms. The number of hydrogen-bond donors (Lipinski definition) is 0. The van der Waals surface area contributed by atoms with Crippen molar-refractivity contribution in [2.45, 2.75) is 62.2 Å². The van der Waals surface area contributed by atoms with Gasteiger partial charge in [0.05, 0.1) is 27.8 Å². The highest BCUT2D eigenvalue weighted by molar-refractivity contribution is 8.00. The van der Waals surface area contributed by atoms with E-state index in [1.165, 1.54) is 114 Å². The Labute approximate surface area is 400 Å². The summed E-state index contributed by atoms with van der Waals surface area (Å²) in [5.74, 6) is 0. The molecular formula is C62H48BN3OS. The van der Waals surface area contributed by atoms with Crippen LogP contribution in [0.4, 0.5) is 17.1 Å². The fraction of sp³-hybridized carbons (Fsp3) is 0.129. The van der Waals surface area contributed by atoms with E-state index in [0.717, 1.165) is 36.1 Å². The second-order valence-corrected chi connectivity index (χ2v) is 21.0. The van der Waals surface area contributed by atoms with Crippen molar-refractivity contribution in [3.8, 4) is 11.4 Å². The second-order valence-electron chi connectivity index (χ2n) is 19.9. The van der Waals surface area contributed by atoms with Crippen LogP contribution in [-0.4, -0.2) is 15.8 Å². The highest BCUT2D eigenvalue weighted by atomic mass is 32.2. The molecule has 0 atom stereocenters. The molecule has 2 aliphatic heterocycles. The van der Waals surface area contributed by atoms with Crippen molar-refractivity contribution in [3.63, 3.8) is 0 Å². The molecule has 3 aromatic heterocycles. The third-order valence-electron chi connectivity index (χ3n) is 14.9. The number of hydrogen-bond acceptors (Lipinski definition) is 3. The largest absolute Gasteiger partial charge is 0.456 e. The number of anilines is 3. The molecule has 0 N–H and O–H groups in total. The first-order valence-electron chi connectivity index (χ1n) is 24.2. The third-order valence-corrected chi connectivity index (χ3v) is 16.1. The summed E-state index contributed by atoms with van der Waals surface area (Å²) in [5, 5.41) is 7.49. The Morgan fingerprint density at radius 2 is 1.06 bits per heavy atom. The van der Waals surface area contributed by atoms with E-state index < -0.39 is 0 Å². The van der Waals surface area contributed by atoms with Gasteiger partial charge in [0, 0.05) is 64.9 Å². The molecule has 14 rings (SSSR count). The van der Waals surface area contributed by atoms with E-state index in [9.17, 15) is 0 Å². The summed E-state index contributed by atoms with van der Waals surface area (Å²) < 4.78 is 11.6. The number of benzene rings is 9. The highest BCUT2D eigenvalue weighted by Crippen LogP contribution is 2.48. The maximum Gasteiger partial charge on any atom is 0.249 e. The Morgan fingerprint density at radius 3 is 1.66 bits per heavy atom. The monoisotopic (exact) mass is 893 g/mol. The van der Waals surface area contributed by atoms with Crippen LogP contribution in [0.3, 0.4) is 0 Å². The summed E-state index contributed by atoms with van der Waals surface area (Å²) in [6.45, 7) is 9.40. The molecule has 0 saturated heterocycles. The molecule has 0 amide bonds. The topological polar surface area (TPSA) is 26.2 Å². The number of fused-ring (bicyclic) bond motifs is 13. The van der Waals surface area contributed by atoms with Crippen molar-refractivity contribution in [3.05, 3.63) is 193 Å². The van der Waals surface area contributed by atoms with E-state index >= 15 is 0 Å². The molecule has 9 aromatic carbocycles. The first kappa shape index (κ1) is 39.7. The number of para-hydroxylation sites is 5. The molecule has 0 fully saturated rings. The maximum atomic E-state index is 6.63. The van der Waals surface area contributed by atoms with Gasteiger partial charge >= 0.3 is 0 Å². The van der Waals surface area contributed by atoms with Crippen LogP contribution in [0.5, 0.6) is 0 Å². The van der Waals surface area contributed by atoms with Gasteiger partial charge in [-0.05, 0) is 119 Å². The molecule has 0 aliphatic carbocycles. The molecule has 2 aliphatic rings. The molecule has 12 aromatic rings. The number of unbranched alkanes of at least 4 members (excludes halogenated alkanes) is 1. The highest BCUT2D eigenvalue weighted by Gasteiger charge is 2.43. The minimum Gasteiger partial charge on any atom is -0.456 e. The van der Waals surface area contributed by atoms with Crippen LogP contribution in [0.25, 0.3) is 76.9 Å². The van der Waals surface area contributed by atoms with Crippen molar-refractivity contribution in [1.82, 2.24) is 9.13 Å². The Morgan fingerprint density at radius 1 is 0.500 bits per heavy atom. The van der Waals surface area contributed by atoms with Gasteiger partial charge in [-0.1, -0.05) is 154 Å². The second kappa shape index (κ2) is 14.8. The molecule has 4 nitrogen and oxygen atoms in total. The first-order chi connectivity index (χ1) is 33.3. The quantitative estimate of drug-likeness (QED) is 0.156. The summed E-state index contributed by atoms with van der Waals surface area (Å²) in [4.78, 5) is 5.29. The van der Waals surface area contributed by atoms with Gasteiger partial charge in [0.1, 0.15) is 11.2 Å². The van der Waals surface area contributed by atoms with Crippen LogP contribution in [-0.2, 0) is 11.8 Å². The van der Waals surface area contributed by atoms with Crippen LogP contribution in [0.2, 0.25) is 0 Å². The lowest BCUT2D eigenvalue weighted by molar-refractivity contribution is 0.589. The van der Waals surface area contributed by atoms with Gasteiger partial charge < -0.3 is 18.5 Å². The normalized spacial score (nSPS) is 13.4. The summed E-state index contributed by atoms with van der Waals surface area (Å²) >= 11 is 1.94. The lowest BCUT2D eigenvalue weighted by atomic mass is 9.34. The van der Waals surface area contributed by atoms with Gasteiger partial charge in [0.15, 0.2) is 0 Å². The summed E-state index contributed by atoms with van der Waals surface area (Å²) in [6, 6.07) is 68.2. The molecule has 0 saturated carbocycles. The average molecular weight is 894 g/mol. The lowest BCUT2D eigenvalue weighted by Crippen LogP contribution is -2.60. The Kier molecular flexibility index (Phi) is 8.65. The lowest BCUT2D eigenvalue weighted by Gasteiger charge is -2.42. The SMILES string of the molecule is CCCCc1c(N2c3cc(-n4c5ccccc5c5ccccc54)ccc3B3c4ccc(-n5c6ccccc6c6ccccc65)cc4Sc4cc(C(C)(C)C)cc2c43)ccc2oc3ccccc3c12. The van der Waals surface area contributed by atoms with Gasteiger partial charge in [0.2, 0.25) is 6.71 Å². The molecule has 0 unspecified atom stereocenters. The van der Waals surface area contributed by atoms with E-state index in [2.05, 4.69) is 224 Å². The number of rotatable bonds is 6. The number of aromatic nitrogens is 2. The van der Waals surface area contributed by atoms with Crippen LogP contribution >= 0.6 is 11.8 Å². The maximum absolute atomic E-state index is 6.63. The zero-order valence-electron chi connectivity index (χ0n) is 38.7. The molecule has 68 heavy (non-hydrogen) atoms. The zero-order valence-corrected chi connectivity index (χ0v) is 39.5. The van der Waals surface area contributed by atoms with Crippen molar-refractivity contribution in [2.75, 3.05) is 4.90 Å². The van der Waals surface area contributed by atoms with E-state index in [4.69, 9.17) is 4.42 Å². The first-order valence-corrected chi connectivity index (χ1v) is 25.0. The Balaban J connectivity index is 1.07. The predicted molar refractivity (Wildman–Crippen MR) is 290 cm³/mol. The van der Waals surface area contributed by atoms with Gasteiger partial charge in [-0.2, -0.15) is 0 Å². The van der Waals surface area contributed by atoms with Gasteiger partial charge in [-0.3, -0.25) is 0 Å². The van der Waals surface area contributed by atoms with E-state index in [0.29, 0.717) is 0 Å². The predicted octanol–water partition coefficient (Wildman–Crippen LogP) is 15.2. The van der Waals surface area contributed by atoms with Crippen molar-refractivity contribution in [2.24, 2.45) is 0 Å². The van der Waals surface area contributed by atoms with Crippen LogP contribution in [0, 0.1) is 0 Å². The molecule has 6 heteroatoms. The molecule has 326 valence electrons. The minimum atomic E-state index is -0.0980. The number of furan rings is 1. The van der Waals surface area contributed by atoms with Crippen LogP contribution in [0.1, 0.15) is 51.7 Å². The van der Waals surface area contributed by atoms with Crippen molar-refractivity contribution >= 4 is 117 Å². The number of aryl methyl sites for hydroxylation is 1. The number of nitrogens with zero attached hydrogens (tertiary/aromatic N) is 3. The summed E-state index contributed by atoms with van der Waals surface area (Å²) in [7, 11) is 0. The summed E-state index contributed by atoms with van der Waals surface area (Å²) in [5.41, 5.74) is 19.4. The zero-order chi connectivity index (χ0) is 45.4.